The van der Waals surface area contributed by atoms with E-state index in [0.29, 0.717) is 6.04 Å². The number of aromatic nitrogens is 1. The standard InChI is InChI=1S/C15H18N2OS/c1-11(15-17-7-9-19-15)16-6-4-12-2-3-14-13(10-12)5-8-18-14/h2-3,7,9-11,16H,4-6,8H2,1H3. The third kappa shape index (κ3) is 2.96. The molecule has 1 N–H and O–H groups in total. The molecule has 1 aromatic carbocycles. The molecule has 0 radical (unpaired) electrons. The zero-order valence-corrected chi connectivity index (χ0v) is 11.9. The Kier molecular flexibility index (Phi) is 3.80. The van der Waals surface area contributed by atoms with E-state index in [-0.39, 0.29) is 0 Å². The Morgan fingerprint density at radius 1 is 1.47 bits per heavy atom. The summed E-state index contributed by atoms with van der Waals surface area (Å²) in [6.45, 7) is 3.97. The Balaban J connectivity index is 1.52. The summed E-state index contributed by atoms with van der Waals surface area (Å²) in [7, 11) is 0. The second kappa shape index (κ2) is 5.72. The average Bonchev–Trinajstić information content (AvgIpc) is 3.09. The minimum absolute atomic E-state index is 0.331. The second-order valence-electron chi connectivity index (χ2n) is 4.84. The van der Waals surface area contributed by atoms with Crippen molar-refractivity contribution in [2.24, 2.45) is 0 Å². The molecule has 100 valence electrons. The predicted molar refractivity (Wildman–Crippen MR) is 77.9 cm³/mol. The van der Waals surface area contributed by atoms with Crippen molar-refractivity contribution < 1.29 is 4.74 Å². The smallest absolute Gasteiger partial charge is 0.122 e. The van der Waals surface area contributed by atoms with Gasteiger partial charge >= 0.3 is 0 Å². The van der Waals surface area contributed by atoms with Gasteiger partial charge in [-0.2, -0.15) is 0 Å². The van der Waals surface area contributed by atoms with Crippen LogP contribution in [0.4, 0.5) is 0 Å². The van der Waals surface area contributed by atoms with Gasteiger partial charge in [-0.1, -0.05) is 12.1 Å². The number of thiazole rings is 1. The number of ether oxygens (including phenoxy) is 1. The minimum Gasteiger partial charge on any atom is -0.493 e. The lowest BCUT2D eigenvalue weighted by molar-refractivity contribution is 0.357. The molecule has 2 aromatic rings. The number of hydrogen-bond acceptors (Lipinski definition) is 4. The number of nitrogens with one attached hydrogen (secondary N) is 1. The molecule has 4 heteroatoms. The molecule has 0 bridgehead atoms. The first-order valence-corrected chi connectivity index (χ1v) is 7.58. The van der Waals surface area contributed by atoms with E-state index in [1.54, 1.807) is 11.3 Å². The summed E-state index contributed by atoms with van der Waals surface area (Å²) in [5.74, 6) is 1.06. The summed E-state index contributed by atoms with van der Waals surface area (Å²) >= 11 is 1.70. The highest BCUT2D eigenvalue weighted by Crippen LogP contribution is 2.26. The van der Waals surface area contributed by atoms with Crippen LogP contribution in [0.25, 0.3) is 0 Å². The predicted octanol–water partition coefficient (Wildman–Crippen LogP) is 2.97. The molecule has 1 aliphatic heterocycles. The minimum atomic E-state index is 0.331. The summed E-state index contributed by atoms with van der Waals surface area (Å²) < 4.78 is 5.52. The lowest BCUT2D eigenvalue weighted by Gasteiger charge is -2.11. The van der Waals surface area contributed by atoms with Crippen LogP contribution in [0.15, 0.2) is 29.8 Å². The van der Waals surface area contributed by atoms with Crippen molar-refractivity contribution in [2.75, 3.05) is 13.2 Å². The lowest BCUT2D eigenvalue weighted by Crippen LogP contribution is -2.21. The molecule has 19 heavy (non-hydrogen) atoms. The van der Waals surface area contributed by atoms with Crippen LogP contribution in [0, 0.1) is 0 Å². The van der Waals surface area contributed by atoms with Crippen LogP contribution in [-0.4, -0.2) is 18.1 Å². The van der Waals surface area contributed by atoms with Crippen molar-refractivity contribution in [2.45, 2.75) is 25.8 Å². The Bertz CT molecular complexity index is 539. The fourth-order valence-electron chi connectivity index (χ4n) is 2.36. The lowest BCUT2D eigenvalue weighted by atomic mass is 10.1. The molecule has 0 saturated carbocycles. The van der Waals surface area contributed by atoms with Crippen molar-refractivity contribution in [3.05, 3.63) is 45.9 Å². The van der Waals surface area contributed by atoms with E-state index in [0.717, 1.165) is 36.8 Å². The van der Waals surface area contributed by atoms with Crippen LogP contribution >= 0.6 is 11.3 Å². The molecule has 1 atom stereocenters. The van der Waals surface area contributed by atoms with E-state index < -0.39 is 0 Å². The largest absolute Gasteiger partial charge is 0.493 e. The zero-order chi connectivity index (χ0) is 13.1. The third-order valence-electron chi connectivity index (χ3n) is 3.44. The van der Waals surface area contributed by atoms with Crippen LogP contribution in [0.1, 0.15) is 29.1 Å². The maximum atomic E-state index is 5.52. The first-order valence-electron chi connectivity index (χ1n) is 6.70. The quantitative estimate of drug-likeness (QED) is 0.910. The second-order valence-corrected chi connectivity index (χ2v) is 5.76. The van der Waals surface area contributed by atoms with E-state index in [9.17, 15) is 0 Å². The summed E-state index contributed by atoms with van der Waals surface area (Å²) in [5.41, 5.74) is 2.73. The Morgan fingerprint density at radius 3 is 3.26 bits per heavy atom. The van der Waals surface area contributed by atoms with Gasteiger partial charge in [-0.15, -0.1) is 11.3 Å². The highest BCUT2D eigenvalue weighted by molar-refractivity contribution is 7.09. The molecule has 0 amide bonds. The van der Waals surface area contributed by atoms with E-state index in [1.165, 1.54) is 11.1 Å². The number of hydrogen-bond donors (Lipinski definition) is 1. The van der Waals surface area contributed by atoms with Gasteiger partial charge in [0.2, 0.25) is 0 Å². The average molecular weight is 274 g/mol. The summed E-state index contributed by atoms with van der Waals surface area (Å²) in [6, 6.07) is 6.87. The van der Waals surface area contributed by atoms with E-state index in [1.807, 2.05) is 11.6 Å². The third-order valence-corrected chi connectivity index (χ3v) is 4.40. The van der Waals surface area contributed by atoms with Crippen molar-refractivity contribution >= 4 is 11.3 Å². The Labute approximate surface area is 117 Å². The molecule has 0 fully saturated rings. The molecule has 3 nitrogen and oxygen atoms in total. The maximum Gasteiger partial charge on any atom is 0.122 e. The van der Waals surface area contributed by atoms with Gasteiger partial charge in [-0.05, 0) is 37.1 Å². The van der Waals surface area contributed by atoms with Crippen LogP contribution in [0.2, 0.25) is 0 Å². The SMILES string of the molecule is CC(NCCc1ccc2c(c1)CCO2)c1nccs1. The van der Waals surface area contributed by atoms with Crippen LogP contribution < -0.4 is 10.1 Å². The summed E-state index contributed by atoms with van der Waals surface area (Å²) in [5, 5.41) is 6.69. The fourth-order valence-corrected chi connectivity index (χ4v) is 3.03. The molecule has 0 saturated heterocycles. The molecule has 1 aliphatic rings. The molecule has 0 aliphatic carbocycles. The number of benzene rings is 1. The molecule has 1 unspecified atom stereocenters. The van der Waals surface area contributed by atoms with Gasteiger partial charge in [0.25, 0.3) is 0 Å². The summed E-state index contributed by atoms with van der Waals surface area (Å²) in [4.78, 5) is 4.33. The van der Waals surface area contributed by atoms with Crippen LogP contribution in [0.5, 0.6) is 5.75 Å². The first-order chi connectivity index (χ1) is 9.33. The summed E-state index contributed by atoms with van der Waals surface area (Å²) in [6.07, 6.45) is 3.95. The van der Waals surface area contributed by atoms with Gasteiger partial charge in [-0.25, -0.2) is 4.98 Å². The van der Waals surface area contributed by atoms with Crippen LogP contribution in [-0.2, 0) is 12.8 Å². The normalized spacial score (nSPS) is 15.0. The van der Waals surface area contributed by atoms with Crippen LogP contribution in [0.3, 0.4) is 0 Å². The van der Waals surface area contributed by atoms with Gasteiger partial charge in [0.1, 0.15) is 10.8 Å². The zero-order valence-electron chi connectivity index (χ0n) is 11.1. The molecule has 0 spiro atoms. The van der Waals surface area contributed by atoms with Gasteiger partial charge in [-0.3, -0.25) is 0 Å². The van der Waals surface area contributed by atoms with Crippen molar-refractivity contribution in [3.8, 4) is 5.75 Å². The maximum absolute atomic E-state index is 5.52. The monoisotopic (exact) mass is 274 g/mol. The molecular formula is C15H18N2OS. The van der Waals surface area contributed by atoms with Crippen molar-refractivity contribution in [1.29, 1.82) is 0 Å². The highest BCUT2D eigenvalue weighted by atomic mass is 32.1. The van der Waals surface area contributed by atoms with Gasteiger partial charge < -0.3 is 10.1 Å². The van der Waals surface area contributed by atoms with E-state index in [4.69, 9.17) is 4.74 Å². The Hall–Kier alpha value is -1.39. The number of nitrogens with zero attached hydrogens (tertiary/aromatic N) is 1. The topological polar surface area (TPSA) is 34.1 Å². The van der Waals surface area contributed by atoms with Crippen molar-refractivity contribution in [3.63, 3.8) is 0 Å². The molecule has 2 heterocycles. The molecular weight excluding hydrogens is 256 g/mol. The molecule has 1 aromatic heterocycles. The van der Waals surface area contributed by atoms with Gasteiger partial charge in [0, 0.05) is 18.0 Å². The van der Waals surface area contributed by atoms with E-state index in [2.05, 4.69) is 35.4 Å². The van der Waals surface area contributed by atoms with Crippen molar-refractivity contribution in [1.82, 2.24) is 10.3 Å². The van der Waals surface area contributed by atoms with Gasteiger partial charge in [0.05, 0.1) is 12.6 Å². The first kappa shape index (κ1) is 12.6. The highest BCUT2D eigenvalue weighted by Gasteiger charge is 2.12. The number of rotatable bonds is 5. The van der Waals surface area contributed by atoms with E-state index >= 15 is 0 Å². The Morgan fingerprint density at radius 2 is 2.42 bits per heavy atom. The number of fused-ring (bicyclic) bond motifs is 1. The molecule has 3 rings (SSSR count). The van der Waals surface area contributed by atoms with Gasteiger partial charge in [0.15, 0.2) is 0 Å². The fraction of sp³-hybridized carbons (Fsp3) is 0.400.